The van der Waals surface area contributed by atoms with E-state index in [1.807, 2.05) is 54.8 Å². The Morgan fingerprint density at radius 3 is 2.45 bits per heavy atom. The number of hydrogen-bond acceptors (Lipinski definition) is 6. The summed E-state index contributed by atoms with van der Waals surface area (Å²) in [7, 11) is 0. The maximum absolute atomic E-state index is 12.4. The number of nitrogens with zero attached hydrogens (tertiary/aromatic N) is 4. The van der Waals surface area contributed by atoms with Crippen LogP contribution in [0.25, 0.3) is 17.2 Å². The summed E-state index contributed by atoms with van der Waals surface area (Å²) in [6, 6.07) is 20.4. The minimum Gasteiger partial charge on any atom is -0.272 e. The van der Waals surface area contributed by atoms with Gasteiger partial charge in [-0.3, -0.25) is 30.0 Å². The van der Waals surface area contributed by atoms with Crippen molar-refractivity contribution in [3.63, 3.8) is 0 Å². The average molecular weight is 459 g/mol. The summed E-state index contributed by atoms with van der Waals surface area (Å²) in [4.78, 5) is 28.9. The molecule has 0 aliphatic carbocycles. The summed E-state index contributed by atoms with van der Waals surface area (Å²) in [5.74, 6) is -0.119. The predicted molar refractivity (Wildman–Crippen MR) is 127 cm³/mol. The van der Waals surface area contributed by atoms with Gasteiger partial charge >= 0.3 is 0 Å². The molecule has 0 saturated heterocycles. The molecule has 0 radical (unpaired) electrons. The Morgan fingerprint density at radius 2 is 1.73 bits per heavy atom. The Hall–Kier alpha value is -3.98. The number of pyridine rings is 1. The Kier molecular flexibility index (Phi) is 6.80. The number of thioether (sulfide) groups is 1. The van der Waals surface area contributed by atoms with Crippen molar-refractivity contribution in [1.82, 2.24) is 30.6 Å². The monoisotopic (exact) mass is 458 g/mol. The second kappa shape index (κ2) is 10.1. The highest BCUT2D eigenvalue weighted by atomic mass is 32.2. The maximum atomic E-state index is 12.4. The first kappa shape index (κ1) is 22.2. The number of carbonyl (C=O) groups is 2. The smallest absolute Gasteiger partial charge is 0.269 e. The molecular weight excluding hydrogens is 436 g/mol. The molecule has 2 heterocycles. The Labute approximate surface area is 195 Å². The van der Waals surface area contributed by atoms with Crippen LogP contribution in [0.5, 0.6) is 0 Å². The van der Waals surface area contributed by atoms with Crippen molar-refractivity contribution in [2.24, 2.45) is 0 Å². The molecular formula is C24H22N6O2S. The molecule has 0 saturated carbocycles. The molecule has 33 heavy (non-hydrogen) atoms. The highest BCUT2D eigenvalue weighted by molar-refractivity contribution is 7.99. The minimum absolute atomic E-state index is 0.0420. The van der Waals surface area contributed by atoms with Gasteiger partial charge in [0, 0.05) is 11.8 Å². The molecule has 0 bridgehead atoms. The number of amides is 2. The van der Waals surface area contributed by atoms with Gasteiger partial charge in [0.25, 0.3) is 5.91 Å². The van der Waals surface area contributed by atoms with Crippen molar-refractivity contribution < 1.29 is 9.59 Å². The van der Waals surface area contributed by atoms with E-state index in [0.717, 1.165) is 16.8 Å². The van der Waals surface area contributed by atoms with Crippen LogP contribution >= 0.6 is 11.8 Å². The van der Waals surface area contributed by atoms with Crippen LogP contribution in [0, 0.1) is 13.8 Å². The highest BCUT2D eigenvalue weighted by Gasteiger charge is 2.19. The van der Waals surface area contributed by atoms with Crippen LogP contribution < -0.4 is 10.9 Å². The molecule has 4 rings (SSSR count). The SMILES string of the molecule is Cc1ccc(-n2c(SCC(=O)NNC(=O)c3ccccc3)nnc2-c2ccccn2)c(C)c1. The van der Waals surface area contributed by atoms with Crippen molar-refractivity contribution >= 4 is 23.6 Å². The highest BCUT2D eigenvalue weighted by Crippen LogP contribution is 2.28. The van der Waals surface area contributed by atoms with E-state index in [0.29, 0.717) is 22.2 Å². The fraction of sp³-hybridized carbons (Fsp3) is 0.125. The molecule has 4 aromatic rings. The lowest BCUT2D eigenvalue weighted by Crippen LogP contribution is -2.42. The van der Waals surface area contributed by atoms with Gasteiger partial charge in [-0.1, -0.05) is 53.7 Å². The topological polar surface area (TPSA) is 102 Å². The molecule has 0 spiro atoms. The number of carbonyl (C=O) groups excluding carboxylic acids is 2. The van der Waals surface area contributed by atoms with Gasteiger partial charge in [-0.15, -0.1) is 10.2 Å². The van der Waals surface area contributed by atoms with Crippen molar-refractivity contribution in [3.05, 3.63) is 89.6 Å². The third kappa shape index (κ3) is 5.27. The third-order valence-corrected chi connectivity index (χ3v) is 5.73. The zero-order valence-electron chi connectivity index (χ0n) is 18.1. The summed E-state index contributed by atoms with van der Waals surface area (Å²) < 4.78 is 1.90. The molecule has 166 valence electrons. The number of aromatic nitrogens is 4. The largest absolute Gasteiger partial charge is 0.272 e. The predicted octanol–water partition coefficient (Wildman–Crippen LogP) is 3.50. The molecule has 2 aromatic carbocycles. The number of rotatable bonds is 6. The fourth-order valence-corrected chi connectivity index (χ4v) is 4.00. The third-order valence-electron chi connectivity index (χ3n) is 4.80. The zero-order chi connectivity index (χ0) is 23.2. The van der Waals surface area contributed by atoms with Gasteiger partial charge < -0.3 is 0 Å². The Bertz CT molecular complexity index is 1270. The molecule has 0 aliphatic heterocycles. The van der Waals surface area contributed by atoms with Crippen LogP contribution in [0.2, 0.25) is 0 Å². The quantitative estimate of drug-likeness (QED) is 0.339. The second-order valence-corrected chi connectivity index (χ2v) is 8.25. The van der Waals surface area contributed by atoms with E-state index in [4.69, 9.17) is 0 Å². The lowest BCUT2D eigenvalue weighted by molar-refractivity contribution is -0.119. The van der Waals surface area contributed by atoms with Crippen molar-refractivity contribution in [2.45, 2.75) is 19.0 Å². The van der Waals surface area contributed by atoms with Crippen LogP contribution in [0.4, 0.5) is 0 Å². The first-order chi connectivity index (χ1) is 16.0. The molecule has 0 fully saturated rings. The molecule has 9 heteroatoms. The normalized spacial score (nSPS) is 10.6. The van der Waals surface area contributed by atoms with Crippen LogP contribution in [-0.4, -0.2) is 37.3 Å². The summed E-state index contributed by atoms with van der Waals surface area (Å²) >= 11 is 1.22. The van der Waals surface area contributed by atoms with Crippen LogP contribution in [0.15, 0.2) is 78.1 Å². The molecule has 0 aliphatic rings. The second-order valence-electron chi connectivity index (χ2n) is 7.30. The van der Waals surface area contributed by atoms with Gasteiger partial charge in [-0.05, 0) is 49.7 Å². The van der Waals surface area contributed by atoms with Crippen LogP contribution in [0.3, 0.4) is 0 Å². The molecule has 2 aromatic heterocycles. The van der Waals surface area contributed by atoms with Crippen molar-refractivity contribution in [1.29, 1.82) is 0 Å². The summed E-state index contributed by atoms with van der Waals surface area (Å²) in [5, 5.41) is 9.21. The van der Waals surface area contributed by atoms with E-state index in [2.05, 4.69) is 32.1 Å². The Balaban J connectivity index is 1.52. The van der Waals surface area contributed by atoms with Crippen molar-refractivity contribution in [3.8, 4) is 17.2 Å². The average Bonchev–Trinajstić information content (AvgIpc) is 3.26. The number of nitrogens with one attached hydrogen (secondary N) is 2. The van der Waals surface area contributed by atoms with Gasteiger partial charge in [0.2, 0.25) is 5.91 Å². The maximum Gasteiger partial charge on any atom is 0.269 e. The first-order valence-corrected chi connectivity index (χ1v) is 11.2. The molecule has 2 N–H and O–H groups in total. The molecule has 2 amide bonds. The number of benzene rings is 2. The van der Waals surface area contributed by atoms with Crippen LogP contribution in [-0.2, 0) is 4.79 Å². The van der Waals surface area contributed by atoms with Gasteiger partial charge in [-0.2, -0.15) is 0 Å². The zero-order valence-corrected chi connectivity index (χ0v) is 19.0. The van der Waals surface area contributed by atoms with E-state index in [-0.39, 0.29) is 17.6 Å². The summed E-state index contributed by atoms with van der Waals surface area (Å²) in [6.45, 7) is 4.05. The number of hydrazine groups is 1. The Morgan fingerprint density at radius 1 is 0.939 bits per heavy atom. The summed E-state index contributed by atoms with van der Waals surface area (Å²) in [6.07, 6.45) is 1.70. The van der Waals surface area contributed by atoms with E-state index >= 15 is 0 Å². The first-order valence-electron chi connectivity index (χ1n) is 10.2. The number of aryl methyl sites for hydroxylation is 2. The van der Waals surface area contributed by atoms with Gasteiger partial charge in [0.1, 0.15) is 5.69 Å². The van der Waals surface area contributed by atoms with Gasteiger partial charge in [-0.25, -0.2) is 0 Å². The lowest BCUT2D eigenvalue weighted by Gasteiger charge is -2.13. The fourth-order valence-electron chi connectivity index (χ4n) is 3.25. The number of hydrogen-bond donors (Lipinski definition) is 2. The van der Waals surface area contributed by atoms with E-state index in [9.17, 15) is 9.59 Å². The minimum atomic E-state index is -0.384. The van der Waals surface area contributed by atoms with E-state index in [1.54, 1.807) is 30.5 Å². The van der Waals surface area contributed by atoms with Crippen molar-refractivity contribution in [2.75, 3.05) is 5.75 Å². The lowest BCUT2D eigenvalue weighted by atomic mass is 10.1. The van der Waals surface area contributed by atoms with Crippen LogP contribution in [0.1, 0.15) is 21.5 Å². The van der Waals surface area contributed by atoms with Gasteiger partial charge in [0.05, 0.1) is 11.4 Å². The van der Waals surface area contributed by atoms with E-state index < -0.39 is 0 Å². The summed E-state index contributed by atoms with van der Waals surface area (Å²) in [5.41, 5.74) is 9.10. The standard InChI is InChI=1S/C24H22N6O2S/c1-16-11-12-20(17(2)14-16)30-22(19-10-6-7-13-25-19)27-29-24(30)33-15-21(31)26-28-23(32)18-8-4-3-5-9-18/h3-14H,15H2,1-2H3,(H,26,31)(H,28,32). The van der Waals surface area contributed by atoms with Gasteiger partial charge in [0.15, 0.2) is 11.0 Å². The molecule has 0 atom stereocenters. The molecule has 0 unspecified atom stereocenters. The van der Waals surface area contributed by atoms with E-state index in [1.165, 1.54) is 11.8 Å². The molecule has 8 nitrogen and oxygen atoms in total.